The quantitative estimate of drug-likeness (QED) is 0.857. The highest BCUT2D eigenvalue weighted by Gasteiger charge is 2.25. The van der Waals surface area contributed by atoms with Crippen LogP contribution in [0.25, 0.3) is 0 Å². The number of amides is 2. The van der Waals surface area contributed by atoms with E-state index in [0.29, 0.717) is 24.5 Å². The number of carbonyl (C=O) groups excluding carboxylic acids is 2. The molecule has 1 N–H and O–H groups in total. The van der Waals surface area contributed by atoms with Crippen molar-refractivity contribution in [2.24, 2.45) is 11.0 Å². The molecule has 1 aliphatic rings. The predicted octanol–water partition coefficient (Wildman–Crippen LogP) is 3.62. The Bertz CT molecular complexity index is 649. The first-order chi connectivity index (χ1) is 11.8. The van der Waals surface area contributed by atoms with Gasteiger partial charge in [-0.05, 0) is 29.4 Å². The molecule has 1 aromatic rings. The Balaban J connectivity index is 2.14. The van der Waals surface area contributed by atoms with Crippen molar-refractivity contribution < 1.29 is 9.59 Å². The third-order valence-corrected chi connectivity index (χ3v) is 4.90. The molecule has 0 saturated carbocycles. The lowest BCUT2D eigenvalue weighted by molar-refractivity contribution is -0.130. The highest BCUT2D eigenvalue weighted by molar-refractivity contribution is 6.39. The molecule has 1 aromatic carbocycles. The van der Waals surface area contributed by atoms with Crippen molar-refractivity contribution in [1.29, 1.82) is 0 Å². The first-order valence-corrected chi connectivity index (χ1v) is 9.08. The predicted molar refractivity (Wildman–Crippen MR) is 100 cm³/mol. The van der Waals surface area contributed by atoms with Gasteiger partial charge in [-0.2, -0.15) is 5.10 Å². The molecule has 0 aromatic heterocycles. The van der Waals surface area contributed by atoms with Crippen molar-refractivity contribution in [3.63, 3.8) is 0 Å². The van der Waals surface area contributed by atoms with Gasteiger partial charge < -0.3 is 5.32 Å². The molecule has 136 valence electrons. The molecule has 25 heavy (non-hydrogen) atoms. The lowest BCUT2D eigenvalue weighted by Gasteiger charge is -2.25. The first kappa shape index (κ1) is 19.2. The van der Waals surface area contributed by atoms with E-state index in [1.807, 2.05) is 0 Å². The van der Waals surface area contributed by atoms with Crippen LogP contribution >= 0.6 is 0 Å². The van der Waals surface area contributed by atoms with Crippen molar-refractivity contribution in [3.05, 3.63) is 35.4 Å². The monoisotopic (exact) mass is 343 g/mol. The summed E-state index contributed by atoms with van der Waals surface area (Å²) in [6.45, 7) is 8.58. The van der Waals surface area contributed by atoms with Crippen LogP contribution < -0.4 is 5.32 Å². The van der Waals surface area contributed by atoms with Crippen molar-refractivity contribution >= 4 is 17.5 Å². The topological polar surface area (TPSA) is 61.8 Å². The maximum absolute atomic E-state index is 12.6. The molecule has 2 amide bonds. The van der Waals surface area contributed by atoms with Crippen molar-refractivity contribution in [2.75, 3.05) is 7.05 Å². The van der Waals surface area contributed by atoms with E-state index in [-0.39, 0.29) is 23.8 Å². The summed E-state index contributed by atoms with van der Waals surface area (Å²) < 4.78 is 0. The minimum atomic E-state index is -0.191. The molecule has 1 heterocycles. The minimum absolute atomic E-state index is 0.0578. The second-order valence-corrected chi connectivity index (χ2v) is 7.14. The summed E-state index contributed by atoms with van der Waals surface area (Å²) in [5, 5.41) is 8.45. The molecule has 1 aliphatic heterocycles. The molecule has 0 radical (unpaired) electrons. The molecule has 0 bridgehead atoms. The SMILES string of the molecule is CCC(C)c1ccc(C(NC(=O)C2=NN(C)C(=O)CC2)C(C)C)cc1. The second kappa shape index (κ2) is 8.28. The van der Waals surface area contributed by atoms with Gasteiger partial charge in [0.05, 0.1) is 6.04 Å². The standard InChI is InChI=1S/C20H29N3O2/c1-6-14(4)15-7-9-16(10-8-15)19(13(2)3)21-20(25)17-11-12-18(24)23(5)22-17/h7-10,13-14,19H,6,11-12H2,1-5H3,(H,21,25). The third kappa shape index (κ3) is 4.68. The van der Waals surface area contributed by atoms with Gasteiger partial charge in [-0.25, -0.2) is 5.01 Å². The molecule has 0 aliphatic carbocycles. The van der Waals surface area contributed by atoms with Crippen LogP contribution in [0.3, 0.4) is 0 Å². The van der Waals surface area contributed by atoms with Crippen molar-refractivity contribution in [1.82, 2.24) is 10.3 Å². The average molecular weight is 343 g/mol. The fourth-order valence-corrected chi connectivity index (χ4v) is 2.96. The van der Waals surface area contributed by atoms with E-state index in [0.717, 1.165) is 12.0 Å². The third-order valence-electron chi connectivity index (χ3n) is 4.90. The van der Waals surface area contributed by atoms with Gasteiger partial charge in [0.15, 0.2) is 0 Å². The highest BCUT2D eigenvalue weighted by atomic mass is 16.2. The summed E-state index contributed by atoms with van der Waals surface area (Å²) in [6.07, 6.45) is 1.83. The fourth-order valence-electron chi connectivity index (χ4n) is 2.96. The number of hydrogen-bond donors (Lipinski definition) is 1. The van der Waals surface area contributed by atoms with Crippen LogP contribution in [-0.2, 0) is 9.59 Å². The van der Waals surface area contributed by atoms with Gasteiger partial charge in [0.25, 0.3) is 5.91 Å². The maximum atomic E-state index is 12.6. The van der Waals surface area contributed by atoms with Gasteiger partial charge in [0.2, 0.25) is 5.91 Å². The molecule has 5 nitrogen and oxygen atoms in total. The number of hydrazone groups is 1. The Labute approximate surface area is 150 Å². The molecule has 0 saturated heterocycles. The summed E-state index contributed by atoms with van der Waals surface area (Å²) in [7, 11) is 1.59. The number of hydrogen-bond acceptors (Lipinski definition) is 3. The van der Waals surface area contributed by atoms with Crippen LogP contribution in [0.2, 0.25) is 0 Å². The number of benzene rings is 1. The lowest BCUT2D eigenvalue weighted by atomic mass is 9.92. The molecule has 2 atom stereocenters. The number of rotatable bonds is 6. The van der Waals surface area contributed by atoms with E-state index in [1.165, 1.54) is 10.6 Å². The van der Waals surface area contributed by atoms with E-state index < -0.39 is 0 Å². The highest BCUT2D eigenvalue weighted by Crippen LogP contribution is 2.25. The Morgan fingerprint density at radius 3 is 2.28 bits per heavy atom. The van der Waals surface area contributed by atoms with E-state index in [1.54, 1.807) is 7.05 Å². The summed E-state index contributed by atoms with van der Waals surface area (Å²) >= 11 is 0. The summed E-state index contributed by atoms with van der Waals surface area (Å²) in [5.41, 5.74) is 2.83. The molecular weight excluding hydrogens is 314 g/mol. The minimum Gasteiger partial charge on any atom is -0.344 e. The normalized spacial score (nSPS) is 17.3. The van der Waals surface area contributed by atoms with Crippen LogP contribution in [0, 0.1) is 5.92 Å². The van der Waals surface area contributed by atoms with E-state index in [9.17, 15) is 9.59 Å². The van der Waals surface area contributed by atoms with Crippen LogP contribution in [0.1, 0.15) is 70.0 Å². The van der Waals surface area contributed by atoms with Gasteiger partial charge in [0, 0.05) is 19.9 Å². The van der Waals surface area contributed by atoms with Crippen molar-refractivity contribution in [3.8, 4) is 0 Å². The molecule has 5 heteroatoms. The van der Waals surface area contributed by atoms with Gasteiger partial charge in [0.1, 0.15) is 5.71 Å². The zero-order valence-electron chi connectivity index (χ0n) is 15.9. The molecule has 2 unspecified atom stereocenters. The van der Waals surface area contributed by atoms with Crippen LogP contribution in [0.4, 0.5) is 0 Å². The molecule has 0 fully saturated rings. The first-order valence-electron chi connectivity index (χ1n) is 9.08. The number of carbonyl (C=O) groups is 2. The summed E-state index contributed by atoms with van der Waals surface area (Å²) in [6, 6.07) is 8.42. The molecule has 0 spiro atoms. The fraction of sp³-hybridized carbons (Fsp3) is 0.550. The van der Waals surface area contributed by atoms with Gasteiger partial charge in [-0.15, -0.1) is 0 Å². The van der Waals surface area contributed by atoms with Crippen molar-refractivity contribution in [2.45, 2.75) is 58.9 Å². The van der Waals surface area contributed by atoms with E-state index >= 15 is 0 Å². The Morgan fingerprint density at radius 1 is 1.16 bits per heavy atom. The van der Waals surface area contributed by atoms with Crippen LogP contribution in [-0.4, -0.2) is 29.6 Å². The smallest absolute Gasteiger partial charge is 0.267 e. The van der Waals surface area contributed by atoms with E-state index in [2.05, 4.69) is 62.4 Å². The average Bonchev–Trinajstić information content (AvgIpc) is 2.61. The Hall–Kier alpha value is -2.17. The number of nitrogens with zero attached hydrogens (tertiary/aromatic N) is 2. The zero-order chi connectivity index (χ0) is 18.6. The van der Waals surface area contributed by atoms with Crippen LogP contribution in [0.15, 0.2) is 29.4 Å². The summed E-state index contributed by atoms with van der Waals surface area (Å²) in [4.78, 5) is 24.1. The Kier molecular flexibility index (Phi) is 6.34. The maximum Gasteiger partial charge on any atom is 0.267 e. The van der Waals surface area contributed by atoms with E-state index in [4.69, 9.17) is 0 Å². The second-order valence-electron chi connectivity index (χ2n) is 7.14. The van der Waals surface area contributed by atoms with Gasteiger partial charge in [-0.1, -0.05) is 52.0 Å². The van der Waals surface area contributed by atoms with Gasteiger partial charge in [-0.3, -0.25) is 9.59 Å². The Morgan fingerprint density at radius 2 is 1.76 bits per heavy atom. The lowest BCUT2D eigenvalue weighted by Crippen LogP contribution is -2.40. The molecule has 2 rings (SSSR count). The largest absolute Gasteiger partial charge is 0.344 e. The molecular formula is C20H29N3O2. The summed E-state index contributed by atoms with van der Waals surface area (Å²) in [5.74, 6) is 0.536. The number of nitrogens with one attached hydrogen (secondary N) is 1. The van der Waals surface area contributed by atoms with Crippen LogP contribution in [0.5, 0.6) is 0 Å². The van der Waals surface area contributed by atoms with Gasteiger partial charge >= 0.3 is 0 Å². The zero-order valence-corrected chi connectivity index (χ0v) is 15.9.